The molecule has 12 heavy (non-hydrogen) atoms. The van der Waals surface area contributed by atoms with Gasteiger partial charge < -0.3 is 4.98 Å². The molecule has 0 aliphatic carbocycles. The Morgan fingerprint density at radius 3 is 2.67 bits per heavy atom. The average Bonchev–Trinajstić information content (AvgIpc) is 2.54. The minimum Gasteiger partial charge on any atom is -0.330 e. The number of nitrogens with one attached hydrogen (secondary N) is 1. The molecule has 0 fully saturated rings. The van der Waals surface area contributed by atoms with E-state index in [-0.39, 0.29) is 5.95 Å². The van der Waals surface area contributed by atoms with E-state index in [0.29, 0.717) is 5.69 Å². The largest absolute Gasteiger partial charge is 0.330 e. The highest BCUT2D eigenvalue weighted by Crippen LogP contribution is 2.13. The number of hydrogen-bond acceptors (Lipinski definition) is 1. The van der Waals surface area contributed by atoms with Crippen LogP contribution in [0.3, 0.4) is 0 Å². The monoisotopic (exact) mass is 162 g/mol. The molecule has 0 bridgehead atoms. The van der Waals surface area contributed by atoms with E-state index >= 15 is 0 Å². The maximum atomic E-state index is 12.5. The fourth-order valence-electron chi connectivity index (χ4n) is 1.04. The summed E-state index contributed by atoms with van der Waals surface area (Å²) in [6, 6.07) is 8.55. The Kier molecular flexibility index (Phi) is 1.63. The van der Waals surface area contributed by atoms with Crippen molar-refractivity contribution in [3.05, 3.63) is 42.5 Å². The Morgan fingerprint density at radius 1 is 1.17 bits per heavy atom. The summed E-state index contributed by atoms with van der Waals surface area (Å²) in [4.78, 5) is 6.63. The van der Waals surface area contributed by atoms with Gasteiger partial charge in [-0.3, -0.25) is 4.98 Å². The number of rotatable bonds is 1. The van der Waals surface area contributed by atoms with Gasteiger partial charge in [0.15, 0.2) is 5.95 Å². The molecule has 0 atom stereocenters. The summed E-state index contributed by atoms with van der Waals surface area (Å²) < 4.78 is 12.5. The molecule has 0 aliphatic heterocycles. The molecule has 0 spiro atoms. The van der Waals surface area contributed by atoms with Crippen LogP contribution in [0.4, 0.5) is 4.39 Å². The fourth-order valence-corrected chi connectivity index (χ4v) is 1.04. The quantitative estimate of drug-likeness (QED) is 0.684. The molecule has 0 amide bonds. The van der Waals surface area contributed by atoms with Crippen molar-refractivity contribution in [3.63, 3.8) is 0 Å². The minimum absolute atomic E-state index is 0.337. The summed E-state index contributed by atoms with van der Waals surface area (Å²) in [5.41, 5.74) is 1.45. The molecule has 2 aromatic heterocycles. The molecule has 2 heterocycles. The Labute approximate surface area is 69.1 Å². The second-order valence-electron chi connectivity index (χ2n) is 2.43. The number of halogens is 1. The van der Waals surface area contributed by atoms with Crippen LogP contribution < -0.4 is 0 Å². The highest BCUT2D eigenvalue weighted by Gasteiger charge is 1.99. The predicted octanol–water partition coefficient (Wildman–Crippen LogP) is 2.22. The molecule has 2 aromatic rings. The van der Waals surface area contributed by atoms with Gasteiger partial charge in [0.05, 0.1) is 11.4 Å². The van der Waals surface area contributed by atoms with Crippen LogP contribution in [0, 0.1) is 5.95 Å². The minimum atomic E-state index is -0.337. The van der Waals surface area contributed by atoms with Crippen LogP contribution in [0.15, 0.2) is 36.5 Å². The first-order valence-electron chi connectivity index (χ1n) is 3.62. The molecule has 0 saturated carbocycles. The lowest BCUT2D eigenvalue weighted by Crippen LogP contribution is -1.81. The van der Waals surface area contributed by atoms with E-state index in [0.717, 1.165) is 5.69 Å². The molecule has 0 unspecified atom stereocenters. The van der Waals surface area contributed by atoms with Crippen molar-refractivity contribution < 1.29 is 4.39 Å². The van der Waals surface area contributed by atoms with E-state index in [9.17, 15) is 4.39 Å². The number of hydrogen-bond donors (Lipinski definition) is 1. The topological polar surface area (TPSA) is 28.7 Å². The number of nitrogens with zero attached hydrogens (tertiary/aromatic N) is 1. The SMILES string of the molecule is Fc1ccc(-c2ccccn2)[nH]1. The zero-order chi connectivity index (χ0) is 8.39. The van der Waals surface area contributed by atoms with Crippen LogP contribution in [0.1, 0.15) is 0 Å². The van der Waals surface area contributed by atoms with Gasteiger partial charge in [0, 0.05) is 6.20 Å². The van der Waals surface area contributed by atoms with Gasteiger partial charge in [-0.2, -0.15) is 4.39 Å². The zero-order valence-electron chi connectivity index (χ0n) is 6.29. The van der Waals surface area contributed by atoms with Crippen molar-refractivity contribution >= 4 is 0 Å². The maximum Gasteiger partial charge on any atom is 0.191 e. The summed E-state index contributed by atoms with van der Waals surface area (Å²) in [5.74, 6) is -0.337. The van der Waals surface area contributed by atoms with E-state index in [4.69, 9.17) is 0 Å². The molecule has 2 rings (SSSR count). The summed E-state index contributed by atoms with van der Waals surface area (Å²) >= 11 is 0. The Bertz CT molecular complexity index is 367. The normalized spacial score (nSPS) is 10.1. The summed E-state index contributed by atoms with van der Waals surface area (Å²) in [6.07, 6.45) is 1.67. The van der Waals surface area contributed by atoms with E-state index < -0.39 is 0 Å². The summed E-state index contributed by atoms with van der Waals surface area (Å²) in [7, 11) is 0. The van der Waals surface area contributed by atoms with Gasteiger partial charge in [0.25, 0.3) is 0 Å². The molecule has 2 nitrogen and oxygen atoms in total. The van der Waals surface area contributed by atoms with Gasteiger partial charge in [-0.15, -0.1) is 0 Å². The first kappa shape index (κ1) is 7.03. The third-order valence-electron chi connectivity index (χ3n) is 1.59. The molecule has 0 saturated heterocycles. The first-order chi connectivity index (χ1) is 5.86. The molecule has 0 aliphatic rings. The van der Waals surface area contributed by atoms with Crippen molar-refractivity contribution in [2.45, 2.75) is 0 Å². The molecule has 3 heteroatoms. The second kappa shape index (κ2) is 2.77. The van der Waals surface area contributed by atoms with Gasteiger partial charge in [-0.05, 0) is 24.3 Å². The van der Waals surface area contributed by atoms with Crippen molar-refractivity contribution in [1.82, 2.24) is 9.97 Å². The van der Waals surface area contributed by atoms with Crippen LogP contribution in [-0.2, 0) is 0 Å². The predicted molar refractivity (Wildman–Crippen MR) is 44.0 cm³/mol. The lowest BCUT2D eigenvalue weighted by atomic mass is 10.3. The molecule has 60 valence electrons. The highest BCUT2D eigenvalue weighted by atomic mass is 19.1. The zero-order valence-corrected chi connectivity index (χ0v) is 6.29. The van der Waals surface area contributed by atoms with Gasteiger partial charge in [0.1, 0.15) is 0 Å². The molecule has 0 radical (unpaired) electrons. The summed E-state index contributed by atoms with van der Waals surface area (Å²) in [5, 5.41) is 0. The van der Waals surface area contributed by atoms with E-state index in [1.165, 1.54) is 6.07 Å². The third kappa shape index (κ3) is 1.21. The molecule has 1 N–H and O–H groups in total. The smallest absolute Gasteiger partial charge is 0.191 e. The van der Waals surface area contributed by atoms with Gasteiger partial charge in [-0.25, -0.2) is 0 Å². The van der Waals surface area contributed by atoms with Crippen LogP contribution in [0.5, 0.6) is 0 Å². The average molecular weight is 162 g/mol. The number of aromatic nitrogens is 2. The van der Waals surface area contributed by atoms with Gasteiger partial charge in [0.2, 0.25) is 0 Å². The molecule has 0 aromatic carbocycles. The van der Waals surface area contributed by atoms with Crippen LogP contribution in [-0.4, -0.2) is 9.97 Å². The third-order valence-corrected chi connectivity index (χ3v) is 1.59. The van der Waals surface area contributed by atoms with Crippen LogP contribution in [0.2, 0.25) is 0 Å². The van der Waals surface area contributed by atoms with E-state index in [2.05, 4.69) is 9.97 Å². The highest BCUT2D eigenvalue weighted by molar-refractivity contribution is 5.53. The Hall–Kier alpha value is -1.64. The van der Waals surface area contributed by atoms with Crippen LogP contribution in [0.25, 0.3) is 11.4 Å². The van der Waals surface area contributed by atoms with Crippen molar-refractivity contribution in [1.29, 1.82) is 0 Å². The number of aromatic amines is 1. The van der Waals surface area contributed by atoms with E-state index in [1.54, 1.807) is 12.3 Å². The van der Waals surface area contributed by atoms with Crippen molar-refractivity contribution in [3.8, 4) is 11.4 Å². The Morgan fingerprint density at radius 2 is 2.08 bits per heavy atom. The lowest BCUT2D eigenvalue weighted by molar-refractivity contribution is 0.592. The lowest BCUT2D eigenvalue weighted by Gasteiger charge is -1.93. The van der Waals surface area contributed by atoms with Crippen LogP contribution >= 0.6 is 0 Å². The first-order valence-corrected chi connectivity index (χ1v) is 3.62. The van der Waals surface area contributed by atoms with Gasteiger partial charge in [-0.1, -0.05) is 6.07 Å². The van der Waals surface area contributed by atoms with Gasteiger partial charge >= 0.3 is 0 Å². The maximum absolute atomic E-state index is 12.5. The Balaban J connectivity index is 2.45. The fraction of sp³-hybridized carbons (Fsp3) is 0. The standard InChI is InChI=1S/C9H7FN2/c10-9-5-4-8(12-9)7-3-1-2-6-11-7/h1-6,12H. The number of pyridine rings is 1. The second-order valence-corrected chi connectivity index (χ2v) is 2.43. The summed E-state index contributed by atoms with van der Waals surface area (Å²) in [6.45, 7) is 0. The van der Waals surface area contributed by atoms with Crippen molar-refractivity contribution in [2.24, 2.45) is 0 Å². The number of H-pyrrole nitrogens is 1. The van der Waals surface area contributed by atoms with Crippen molar-refractivity contribution in [2.75, 3.05) is 0 Å². The molecular formula is C9H7FN2. The molecular weight excluding hydrogens is 155 g/mol. The van der Waals surface area contributed by atoms with E-state index in [1.807, 2.05) is 18.2 Å².